The quantitative estimate of drug-likeness (QED) is 0.581. The highest BCUT2D eigenvalue weighted by molar-refractivity contribution is 5.89. The molecule has 1 aromatic carbocycles. The summed E-state index contributed by atoms with van der Waals surface area (Å²) >= 11 is 0. The summed E-state index contributed by atoms with van der Waals surface area (Å²) in [6.07, 6.45) is 1.89. The maximum atomic E-state index is 12.0. The molecule has 0 spiro atoms. The molecule has 2 aromatic rings. The lowest BCUT2D eigenvalue weighted by molar-refractivity contribution is 0.0500. The van der Waals surface area contributed by atoms with Crippen molar-refractivity contribution >= 4 is 23.3 Å². The number of hydrogen-bond donors (Lipinski definition) is 1. The van der Waals surface area contributed by atoms with Crippen LogP contribution < -0.4 is 10.2 Å². The molecular formula is C21H29N5O2. The van der Waals surface area contributed by atoms with E-state index in [2.05, 4.69) is 39.1 Å². The topological polar surface area (TPSA) is 70.6 Å². The van der Waals surface area contributed by atoms with Gasteiger partial charge in [-0.1, -0.05) is 13.3 Å². The smallest absolute Gasteiger partial charge is 0.338 e. The molecule has 2 heterocycles. The standard InChI is InChI=1S/C21H29N5O2/c1-4-5-14-28-21(27)17-6-8-18(9-7-17)24-19-15-20(23-16(2)22-19)26-12-10-25(3)11-13-26/h6-9,15H,4-5,10-14H2,1-3H3,(H,22,23,24). The SMILES string of the molecule is CCCCOC(=O)c1ccc(Nc2cc(N3CCN(C)CC3)nc(C)n2)cc1. The molecule has 7 nitrogen and oxygen atoms in total. The Kier molecular flexibility index (Phi) is 6.81. The van der Waals surface area contributed by atoms with Crippen molar-refractivity contribution in [3.63, 3.8) is 0 Å². The van der Waals surface area contributed by atoms with Crippen LogP contribution in [-0.2, 0) is 4.74 Å². The van der Waals surface area contributed by atoms with Crippen LogP contribution in [0, 0.1) is 6.92 Å². The molecular weight excluding hydrogens is 354 g/mol. The van der Waals surface area contributed by atoms with E-state index in [1.165, 1.54) is 0 Å². The van der Waals surface area contributed by atoms with Gasteiger partial charge in [-0.05, 0) is 44.7 Å². The number of benzene rings is 1. The summed E-state index contributed by atoms with van der Waals surface area (Å²) in [6.45, 7) is 8.41. The molecule has 1 aromatic heterocycles. The van der Waals surface area contributed by atoms with Crippen molar-refractivity contribution in [3.8, 4) is 0 Å². The number of nitrogens with one attached hydrogen (secondary N) is 1. The molecule has 1 aliphatic heterocycles. The van der Waals surface area contributed by atoms with Gasteiger partial charge in [0, 0.05) is 37.9 Å². The highest BCUT2D eigenvalue weighted by Gasteiger charge is 2.16. The van der Waals surface area contributed by atoms with Crippen molar-refractivity contribution in [1.29, 1.82) is 0 Å². The Morgan fingerprint density at radius 2 is 1.86 bits per heavy atom. The zero-order chi connectivity index (χ0) is 19.9. The monoisotopic (exact) mass is 383 g/mol. The molecule has 0 aliphatic carbocycles. The number of ether oxygens (including phenoxy) is 1. The fraction of sp³-hybridized carbons (Fsp3) is 0.476. The molecule has 1 fully saturated rings. The number of aryl methyl sites for hydroxylation is 1. The molecule has 0 amide bonds. The summed E-state index contributed by atoms with van der Waals surface area (Å²) < 4.78 is 5.24. The molecule has 1 aliphatic rings. The fourth-order valence-electron chi connectivity index (χ4n) is 3.04. The number of hydrogen-bond acceptors (Lipinski definition) is 7. The molecule has 28 heavy (non-hydrogen) atoms. The number of piperazine rings is 1. The molecule has 0 atom stereocenters. The Balaban J connectivity index is 1.65. The van der Waals surface area contributed by atoms with Crippen molar-refractivity contribution in [2.24, 2.45) is 0 Å². The predicted octanol–water partition coefficient (Wildman–Crippen LogP) is 3.24. The van der Waals surface area contributed by atoms with Gasteiger partial charge < -0.3 is 19.9 Å². The van der Waals surface area contributed by atoms with E-state index < -0.39 is 0 Å². The molecule has 150 valence electrons. The minimum Gasteiger partial charge on any atom is -0.462 e. The zero-order valence-electron chi connectivity index (χ0n) is 16.9. The number of aromatic nitrogens is 2. The third-order valence-electron chi connectivity index (χ3n) is 4.78. The van der Waals surface area contributed by atoms with Gasteiger partial charge >= 0.3 is 5.97 Å². The summed E-state index contributed by atoms with van der Waals surface area (Å²) in [4.78, 5) is 25.7. The summed E-state index contributed by atoms with van der Waals surface area (Å²) in [5.41, 5.74) is 1.42. The van der Waals surface area contributed by atoms with E-state index in [1.807, 2.05) is 25.1 Å². The van der Waals surface area contributed by atoms with E-state index >= 15 is 0 Å². The van der Waals surface area contributed by atoms with Crippen LogP contribution >= 0.6 is 0 Å². The van der Waals surface area contributed by atoms with Crippen LogP contribution in [0.1, 0.15) is 35.9 Å². The third kappa shape index (κ3) is 5.42. The van der Waals surface area contributed by atoms with Crippen molar-refractivity contribution in [3.05, 3.63) is 41.7 Å². The van der Waals surface area contributed by atoms with Gasteiger partial charge in [-0.3, -0.25) is 0 Å². The van der Waals surface area contributed by atoms with Crippen LogP contribution in [0.3, 0.4) is 0 Å². The van der Waals surface area contributed by atoms with Crippen LogP contribution in [0.4, 0.5) is 17.3 Å². The van der Waals surface area contributed by atoms with Gasteiger partial charge in [0.05, 0.1) is 12.2 Å². The second-order valence-corrected chi connectivity index (χ2v) is 7.14. The Bertz CT molecular complexity index is 786. The number of nitrogens with zero attached hydrogens (tertiary/aromatic N) is 4. The van der Waals surface area contributed by atoms with Gasteiger partial charge in [-0.2, -0.15) is 0 Å². The molecule has 0 bridgehead atoms. The van der Waals surface area contributed by atoms with Crippen LogP contribution in [0.25, 0.3) is 0 Å². The lowest BCUT2D eigenvalue weighted by Crippen LogP contribution is -2.44. The number of anilines is 3. The first-order chi connectivity index (χ1) is 13.5. The van der Waals surface area contributed by atoms with Crippen LogP contribution in [0.15, 0.2) is 30.3 Å². The van der Waals surface area contributed by atoms with E-state index in [-0.39, 0.29) is 5.97 Å². The number of esters is 1. The van der Waals surface area contributed by atoms with Crippen molar-refractivity contribution in [2.75, 3.05) is 50.1 Å². The first-order valence-corrected chi connectivity index (χ1v) is 9.88. The summed E-state index contributed by atoms with van der Waals surface area (Å²) in [7, 11) is 2.14. The maximum Gasteiger partial charge on any atom is 0.338 e. The second kappa shape index (κ2) is 9.50. The van der Waals surface area contributed by atoms with Gasteiger partial charge in [0.1, 0.15) is 17.5 Å². The Morgan fingerprint density at radius 1 is 1.14 bits per heavy atom. The van der Waals surface area contributed by atoms with E-state index in [0.29, 0.717) is 12.2 Å². The zero-order valence-corrected chi connectivity index (χ0v) is 16.9. The van der Waals surface area contributed by atoms with Crippen molar-refractivity contribution in [2.45, 2.75) is 26.7 Å². The van der Waals surface area contributed by atoms with Gasteiger partial charge in [-0.15, -0.1) is 0 Å². The third-order valence-corrected chi connectivity index (χ3v) is 4.78. The lowest BCUT2D eigenvalue weighted by Gasteiger charge is -2.33. The van der Waals surface area contributed by atoms with Gasteiger partial charge in [0.2, 0.25) is 0 Å². The Hall–Kier alpha value is -2.67. The van der Waals surface area contributed by atoms with Crippen LogP contribution in [-0.4, -0.2) is 60.7 Å². The summed E-state index contributed by atoms with van der Waals surface area (Å²) in [5.74, 6) is 2.14. The first kappa shape index (κ1) is 20.1. The van der Waals surface area contributed by atoms with Gasteiger partial charge in [0.15, 0.2) is 0 Å². The van der Waals surface area contributed by atoms with Crippen molar-refractivity contribution in [1.82, 2.24) is 14.9 Å². The normalized spacial score (nSPS) is 14.8. The molecule has 1 N–H and O–H groups in total. The molecule has 0 saturated carbocycles. The minimum absolute atomic E-state index is 0.282. The largest absolute Gasteiger partial charge is 0.462 e. The number of rotatable bonds is 7. The van der Waals surface area contributed by atoms with E-state index in [9.17, 15) is 4.79 Å². The fourth-order valence-corrected chi connectivity index (χ4v) is 3.04. The van der Waals surface area contributed by atoms with Crippen molar-refractivity contribution < 1.29 is 9.53 Å². The number of likely N-dealkylation sites (N-methyl/N-ethyl adjacent to an activating group) is 1. The molecule has 0 radical (unpaired) electrons. The average molecular weight is 383 g/mol. The van der Waals surface area contributed by atoms with Crippen LogP contribution in [0.2, 0.25) is 0 Å². The van der Waals surface area contributed by atoms with Gasteiger partial charge in [0.25, 0.3) is 0 Å². The lowest BCUT2D eigenvalue weighted by atomic mass is 10.2. The highest BCUT2D eigenvalue weighted by Crippen LogP contribution is 2.21. The number of carbonyl (C=O) groups excluding carboxylic acids is 1. The van der Waals surface area contributed by atoms with E-state index in [0.717, 1.165) is 62.2 Å². The highest BCUT2D eigenvalue weighted by atomic mass is 16.5. The average Bonchev–Trinajstić information content (AvgIpc) is 2.69. The molecule has 1 saturated heterocycles. The van der Waals surface area contributed by atoms with Crippen LogP contribution in [0.5, 0.6) is 0 Å². The summed E-state index contributed by atoms with van der Waals surface area (Å²) in [5, 5.41) is 3.31. The van der Waals surface area contributed by atoms with E-state index in [1.54, 1.807) is 12.1 Å². The predicted molar refractivity (Wildman–Crippen MR) is 111 cm³/mol. The first-order valence-electron chi connectivity index (χ1n) is 9.88. The van der Waals surface area contributed by atoms with E-state index in [4.69, 9.17) is 4.74 Å². The number of carbonyl (C=O) groups is 1. The molecule has 0 unspecified atom stereocenters. The number of unbranched alkanes of at least 4 members (excludes halogenated alkanes) is 1. The molecule has 3 rings (SSSR count). The Morgan fingerprint density at radius 3 is 2.54 bits per heavy atom. The second-order valence-electron chi connectivity index (χ2n) is 7.14. The molecule has 7 heteroatoms. The minimum atomic E-state index is -0.282. The van der Waals surface area contributed by atoms with Gasteiger partial charge in [-0.25, -0.2) is 14.8 Å². The maximum absolute atomic E-state index is 12.0. The Labute approximate surface area is 166 Å². The summed E-state index contributed by atoms with van der Waals surface area (Å²) in [6, 6.07) is 9.25.